The van der Waals surface area contributed by atoms with Gasteiger partial charge in [0.05, 0.1) is 17.0 Å². The van der Waals surface area contributed by atoms with Gasteiger partial charge in [0, 0.05) is 12.7 Å². The lowest BCUT2D eigenvalue weighted by Crippen LogP contribution is -2.33. The number of aromatic nitrogens is 1. The number of carbonyl (C=O) groups is 2. The number of hydrogen-bond donors (Lipinski definition) is 4. The van der Waals surface area contributed by atoms with Crippen LogP contribution in [-0.2, 0) is 21.5 Å². The lowest BCUT2D eigenvalue weighted by molar-refractivity contribution is -0.139. The van der Waals surface area contributed by atoms with Crippen molar-refractivity contribution in [3.63, 3.8) is 0 Å². The number of azo groups is 1. The van der Waals surface area contributed by atoms with Crippen molar-refractivity contribution in [2.75, 3.05) is 13.6 Å². The van der Waals surface area contributed by atoms with E-state index in [1.807, 2.05) is 0 Å². The van der Waals surface area contributed by atoms with E-state index in [4.69, 9.17) is 5.11 Å². The summed E-state index contributed by atoms with van der Waals surface area (Å²) < 4.78 is 32.0. The Morgan fingerprint density at radius 1 is 1.16 bits per heavy atom. The molecular formula is C20H25N5O6S. The number of likely N-dealkylation sites (N-methyl/N-ethyl adjacent to an activating group) is 1. The Labute approximate surface area is 185 Å². The molecule has 1 aromatic heterocycles. The summed E-state index contributed by atoms with van der Waals surface area (Å²) in [7, 11) is -2.76. The molecule has 0 saturated carbocycles. The van der Waals surface area contributed by atoms with Crippen molar-refractivity contribution in [1.29, 1.82) is 0 Å². The van der Waals surface area contributed by atoms with Crippen molar-refractivity contribution in [3.05, 3.63) is 53.7 Å². The van der Waals surface area contributed by atoms with E-state index < -0.39 is 22.1 Å². The van der Waals surface area contributed by atoms with Crippen LogP contribution in [0.15, 0.2) is 57.7 Å². The van der Waals surface area contributed by atoms with Crippen LogP contribution in [0.1, 0.15) is 35.2 Å². The molecule has 0 aliphatic carbocycles. The van der Waals surface area contributed by atoms with Crippen molar-refractivity contribution in [2.45, 2.75) is 36.7 Å². The first-order valence-electron chi connectivity index (χ1n) is 9.79. The number of amides is 1. The summed E-state index contributed by atoms with van der Waals surface area (Å²) in [5, 5.41) is 22.2. The fraction of sp³-hybridized carbons (Fsp3) is 0.350. The molecule has 12 heteroatoms. The van der Waals surface area contributed by atoms with Gasteiger partial charge >= 0.3 is 5.97 Å². The van der Waals surface area contributed by atoms with Crippen LogP contribution in [0.2, 0.25) is 0 Å². The van der Waals surface area contributed by atoms with Gasteiger partial charge in [-0.15, -0.1) is 5.11 Å². The molecule has 1 atom stereocenters. The first kappa shape index (κ1) is 25.0. The first-order chi connectivity index (χ1) is 15.2. The molecule has 32 heavy (non-hydrogen) atoms. The third-order valence-corrected chi connectivity index (χ3v) is 5.48. The summed E-state index contributed by atoms with van der Waals surface area (Å²) in [4.78, 5) is 26.9. The van der Waals surface area contributed by atoms with Crippen molar-refractivity contribution in [1.82, 2.24) is 15.6 Å². The topological polar surface area (TPSA) is 170 Å². The molecule has 0 saturated heterocycles. The molecule has 0 radical (unpaired) electrons. The summed E-state index contributed by atoms with van der Waals surface area (Å²) in [5.41, 5.74) is 0.624. The average molecular weight is 464 g/mol. The molecule has 0 bridgehead atoms. The van der Waals surface area contributed by atoms with Crippen LogP contribution in [0.5, 0.6) is 0 Å². The summed E-state index contributed by atoms with van der Waals surface area (Å²) >= 11 is 0. The number of benzene rings is 1. The number of carboxylic acids is 1. The maximum Gasteiger partial charge on any atom is 0.320 e. The lowest BCUT2D eigenvalue weighted by Gasteiger charge is -2.10. The minimum Gasteiger partial charge on any atom is -0.480 e. The number of unbranched alkanes of at least 4 members (excludes halogenated alkanes) is 1. The molecule has 2 aromatic rings. The molecule has 1 amide bonds. The van der Waals surface area contributed by atoms with E-state index >= 15 is 0 Å². The molecule has 4 N–H and O–H groups in total. The Hall–Kier alpha value is -3.22. The zero-order valence-corrected chi connectivity index (χ0v) is 18.2. The normalized spacial score (nSPS) is 12.6. The molecular weight excluding hydrogens is 438 g/mol. The van der Waals surface area contributed by atoms with Crippen LogP contribution in [0, 0.1) is 0 Å². The van der Waals surface area contributed by atoms with E-state index in [1.165, 1.54) is 36.5 Å². The molecule has 172 valence electrons. The third-order valence-electron chi connectivity index (χ3n) is 4.53. The summed E-state index contributed by atoms with van der Waals surface area (Å²) in [6, 6.07) is 8.33. The van der Waals surface area contributed by atoms with E-state index in [0.29, 0.717) is 36.9 Å². The standard InChI is InChI=1S/C20H25N5O6S/c1-21-16(20(27)28)7-4-5-11-22-19(26)15-9-10-18(23-12-15)25-24-13-14-6-2-3-8-17(14)32(29,30)31/h2-3,6,8-10,12,16,21H,4-5,7,11,13H2,1H3,(H,22,26)(H,27,28)(H,29,30,31). The Bertz CT molecular complexity index is 1060. The smallest absolute Gasteiger partial charge is 0.320 e. The fourth-order valence-corrected chi connectivity index (χ4v) is 3.53. The van der Waals surface area contributed by atoms with E-state index in [-0.39, 0.29) is 23.2 Å². The molecule has 0 aliphatic rings. The van der Waals surface area contributed by atoms with Gasteiger partial charge in [0.25, 0.3) is 16.0 Å². The monoisotopic (exact) mass is 463 g/mol. The van der Waals surface area contributed by atoms with Crippen LogP contribution in [0.25, 0.3) is 0 Å². The number of pyridine rings is 1. The number of hydrogen-bond acceptors (Lipinski definition) is 8. The lowest BCUT2D eigenvalue weighted by atomic mass is 10.1. The molecule has 11 nitrogen and oxygen atoms in total. The quantitative estimate of drug-likeness (QED) is 0.211. The van der Waals surface area contributed by atoms with Crippen LogP contribution in [0.4, 0.5) is 5.82 Å². The van der Waals surface area contributed by atoms with Gasteiger partial charge in [-0.2, -0.15) is 13.5 Å². The van der Waals surface area contributed by atoms with E-state index in [0.717, 1.165) is 0 Å². The molecule has 2 rings (SSSR count). The molecule has 1 heterocycles. The largest absolute Gasteiger partial charge is 0.480 e. The zero-order chi connectivity index (χ0) is 23.6. The number of nitrogens with zero attached hydrogens (tertiary/aromatic N) is 3. The Kier molecular flexibility index (Phi) is 9.38. The minimum atomic E-state index is -4.36. The first-order valence-corrected chi connectivity index (χ1v) is 11.2. The second-order valence-corrected chi connectivity index (χ2v) is 8.21. The van der Waals surface area contributed by atoms with Gasteiger partial charge in [0.1, 0.15) is 6.04 Å². The van der Waals surface area contributed by atoms with Crippen LogP contribution < -0.4 is 10.6 Å². The van der Waals surface area contributed by atoms with Crippen LogP contribution in [-0.4, -0.2) is 54.6 Å². The highest BCUT2D eigenvalue weighted by atomic mass is 32.2. The second kappa shape index (κ2) is 12.0. The predicted molar refractivity (Wildman–Crippen MR) is 115 cm³/mol. The molecule has 1 aromatic carbocycles. The SMILES string of the molecule is CNC(CCCCNC(=O)c1ccc(N=NCc2ccccc2S(=O)(=O)O)nc1)C(=O)O. The van der Waals surface area contributed by atoms with Crippen LogP contribution in [0.3, 0.4) is 0 Å². The van der Waals surface area contributed by atoms with Gasteiger partial charge in [0.15, 0.2) is 5.82 Å². The molecule has 1 unspecified atom stereocenters. The molecule has 0 fully saturated rings. The highest BCUT2D eigenvalue weighted by Crippen LogP contribution is 2.17. The number of nitrogens with one attached hydrogen (secondary N) is 2. The maximum absolute atomic E-state index is 12.2. The van der Waals surface area contributed by atoms with Crippen molar-refractivity contribution in [2.24, 2.45) is 10.2 Å². The van der Waals surface area contributed by atoms with Crippen molar-refractivity contribution in [3.8, 4) is 0 Å². The summed E-state index contributed by atoms with van der Waals surface area (Å²) in [6.07, 6.45) is 3.10. The zero-order valence-electron chi connectivity index (χ0n) is 17.4. The molecule has 0 aliphatic heterocycles. The second-order valence-electron chi connectivity index (χ2n) is 6.82. The Morgan fingerprint density at radius 3 is 2.53 bits per heavy atom. The van der Waals surface area contributed by atoms with Gasteiger partial charge in [-0.05, 0) is 50.1 Å². The third kappa shape index (κ3) is 7.80. The van der Waals surface area contributed by atoms with Crippen LogP contribution >= 0.6 is 0 Å². The Balaban J connectivity index is 1.83. The highest BCUT2D eigenvalue weighted by molar-refractivity contribution is 7.85. The predicted octanol–water partition coefficient (Wildman–Crippen LogP) is 2.18. The highest BCUT2D eigenvalue weighted by Gasteiger charge is 2.15. The number of rotatable bonds is 12. The van der Waals surface area contributed by atoms with Crippen molar-refractivity contribution >= 4 is 27.8 Å². The average Bonchev–Trinajstić information content (AvgIpc) is 2.76. The number of aliphatic carboxylic acids is 1. The van der Waals surface area contributed by atoms with Gasteiger partial charge in [-0.3, -0.25) is 14.1 Å². The summed E-state index contributed by atoms with van der Waals surface area (Å²) in [5.74, 6) is -0.980. The van der Waals surface area contributed by atoms with E-state index in [9.17, 15) is 22.6 Å². The fourth-order valence-electron chi connectivity index (χ4n) is 2.82. The number of carbonyl (C=O) groups excluding carboxylic acids is 1. The van der Waals surface area contributed by atoms with E-state index in [1.54, 1.807) is 13.1 Å². The van der Waals surface area contributed by atoms with Gasteiger partial charge in [-0.1, -0.05) is 18.2 Å². The van der Waals surface area contributed by atoms with Gasteiger partial charge < -0.3 is 15.7 Å². The minimum absolute atomic E-state index is 0.0732. The van der Waals surface area contributed by atoms with Gasteiger partial charge in [-0.25, -0.2) is 4.98 Å². The maximum atomic E-state index is 12.2. The Morgan fingerprint density at radius 2 is 1.91 bits per heavy atom. The number of carboxylic acid groups (broad SMARTS) is 1. The summed E-state index contributed by atoms with van der Waals surface area (Å²) in [6.45, 7) is 0.333. The van der Waals surface area contributed by atoms with Gasteiger partial charge in [0.2, 0.25) is 0 Å². The molecule has 0 spiro atoms. The van der Waals surface area contributed by atoms with Crippen molar-refractivity contribution < 1.29 is 27.7 Å². The van der Waals surface area contributed by atoms with E-state index in [2.05, 4.69) is 25.8 Å².